The summed E-state index contributed by atoms with van der Waals surface area (Å²) < 4.78 is 0. The molecule has 0 spiro atoms. The zero-order valence-corrected chi connectivity index (χ0v) is 26.7. The third-order valence-corrected chi connectivity index (χ3v) is 10.7. The topological polar surface area (TPSA) is 15.8 Å². The minimum absolute atomic E-state index is 1.16. The smallest absolute Gasteiger partial charge is 0.0471 e. The summed E-state index contributed by atoms with van der Waals surface area (Å²) in [5, 5.41) is 17.8. The molecule has 10 aromatic carbocycles. The summed E-state index contributed by atoms with van der Waals surface area (Å²) in [7, 11) is 0. The zero-order valence-electron chi connectivity index (χ0n) is 26.7. The number of benzene rings is 10. The molecule has 11 aromatic rings. The third-order valence-electron chi connectivity index (χ3n) is 10.7. The van der Waals surface area contributed by atoms with Gasteiger partial charge in [-0.1, -0.05) is 133 Å². The Morgan fingerprint density at radius 2 is 0.816 bits per heavy atom. The minimum Gasteiger partial charge on any atom is -0.354 e. The van der Waals surface area contributed by atoms with Crippen LogP contribution < -0.4 is 0 Å². The van der Waals surface area contributed by atoms with Crippen LogP contribution >= 0.6 is 0 Å². The first kappa shape index (κ1) is 26.6. The normalized spacial score (nSPS) is 12.1. The van der Waals surface area contributed by atoms with E-state index in [-0.39, 0.29) is 0 Å². The van der Waals surface area contributed by atoms with Gasteiger partial charge in [0, 0.05) is 21.8 Å². The molecule has 0 radical (unpaired) electrons. The van der Waals surface area contributed by atoms with Crippen LogP contribution in [0.1, 0.15) is 0 Å². The second kappa shape index (κ2) is 10.0. The largest absolute Gasteiger partial charge is 0.354 e. The van der Waals surface area contributed by atoms with Crippen molar-refractivity contribution in [2.75, 3.05) is 0 Å². The maximum absolute atomic E-state index is 3.69. The summed E-state index contributed by atoms with van der Waals surface area (Å²) in [6, 6.07) is 62.9. The van der Waals surface area contributed by atoms with E-state index in [1.54, 1.807) is 0 Å². The lowest BCUT2D eigenvalue weighted by Crippen LogP contribution is -1.92. The van der Waals surface area contributed by atoms with Gasteiger partial charge in [-0.15, -0.1) is 0 Å². The number of fused-ring (bicyclic) bond motifs is 10. The summed E-state index contributed by atoms with van der Waals surface area (Å²) >= 11 is 0. The van der Waals surface area contributed by atoms with Crippen LogP contribution in [0.2, 0.25) is 0 Å². The van der Waals surface area contributed by atoms with E-state index in [1.165, 1.54) is 103 Å². The summed E-state index contributed by atoms with van der Waals surface area (Å²) in [6.45, 7) is 0. The van der Waals surface area contributed by atoms with E-state index in [4.69, 9.17) is 0 Å². The van der Waals surface area contributed by atoms with Crippen molar-refractivity contribution < 1.29 is 0 Å². The van der Waals surface area contributed by atoms with Crippen molar-refractivity contribution in [2.45, 2.75) is 0 Å². The van der Waals surface area contributed by atoms with Crippen molar-refractivity contribution in [2.24, 2.45) is 0 Å². The number of nitrogens with one attached hydrogen (secondary N) is 1. The van der Waals surface area contributed by atoms with Crippen molar-refractivity contribution in [3.8, 4) is 22.3 Å². The SMILES string of the molecule is c1ccc2cc3c(ccc4c(-c5c6ccccc6c(-c6ccc7[nH]c8cc9ccccc9cc8c7c6)c6ccccc56)cccc43)cc2c1. The molecular weight excluding hydrogens is 591 g/mol. The van der Waals surface area contributed by atoms with Crippen LogP contribution in [0.15, 0.2) is 170 Å². The number of hydrogen-bond acceptors (Lipinski definition) is 0. The Labute approximate surface area is 282 Å². The summed E-state index contributed by atoms with van der Waals surface area (Å²) in [6.07, 6.45) is 0. The Bertz CT molecular complexity index is 3100. The van der Waals surface area contributed by atoms with E-state index in [0.717, 1.165) is 5.52 Å². The monoisotopic (exact) mass is 619 g/mol. The molecule has 1 aromatic heterocycles. The van der Waals surface area contributed by atoms with Crippen LogP contribution in [0.25, 0.3) is 109 Å². The van der Waals surface area contributed by atoms with Gasteiger partial charge < -0.3 is 4.98 Å². The van der Waals surface area contributed by atoms with Crippen LogP contribution in [-0.4, -0.2) is 4.98 Å². The Hall–Kier alpha value is -6.44. The summed E-state index contributed by atoms with van der Waals surface area (Å²) in [5.74, 6) is 0. The molecule has 226 valence electrons. The van der Waals surface area contributed by atoms with Crippen LogP contribution in [0.3, 0.4) is 0 Å². The van der Waals surface area contributed by atoms with Gasteiger partial charge in [-0.05, 0) is 123 Å². The fourth-order valence-electron chi connectivity index (χ4n) is 8.47. The predicted octanol–water partition coefficient (Wildman–Crippen LogP) is 13.6. The molecule has 1 heterocycles. The van der Waals surface area contributed by atoms with Gasteiger partial charge >= 0.3 is 0 Å². The number of aromatic nitrogens is 1. The van der Waals surface area contributed by atoms with Crippen molar-refractivity contribution in [1.29, 1.82) is 0 Å². The van der Waals surface area contributed by atoms with Crippen LogP contribution in [0.4, 0.5) is 0 Å². The molecule has 0 aliphatic rings. The van der Waals surface area contributed by atoms with Crippen molar-refractivity contribution >= 4 is 86.4 Å². The Balaban J connectivity index is 1.21. The molecule has 0 aliphatic carbocycles. The fourth-order valence-corrected chi connectivity index (χ4v) is 8.47. The van der Waals surface area contributed by atoms with Gasteiger partial charge in [-0.25, -0.2) is 0 Å². The molecule has 0 unspecified atom stereocenters. The highest BCUT2D eigenvalue weighted by molar-refractivity contribution is 6.26. The highest BCUT2D eigenvalue weighted by atomic mass is 14.7. The minimum atomic E-state index is 1.16. The number of rotatable bonds is 2. The maximum atomic E-state index is 3.69. The molecule has 0 saturated carbocycles. The van der Waals surface area contributed by atoms with Gasteiger partial charge in [0.05, 0.1) is 0 Å². The second-order valence-electron chi connectivity index (χ2n) is 13.4. The number of H-pyrrole nitrogens is 1. The van der Waals surface area contributed by atoms with Crippen molar-refractivity contribution in [3.05, 3.63) is 170 Å². The van der Waals surface area contributed by atoms with Gasteiger partial charge in [-0.2, -0.15) is 0 Å². The zero-order chi connectivity index (χ0) is 32.1. The molecule has 1 heteroatoms. The summed E-state index contributed by atoms with van der Waals surface area (Å²) in [5.41, 5.74) is 7.41. The standard InChI is InChI=1S/C48H29N/c1-2-11-30-25-42-33(24-29(30)10-1)20-22-36-35(42)18-9-19-37(36)48-40-16-7-5-14-38(40)47(39-15-6-8-17-41(39)48)34-21-23-45-43(27-34)44-26-31-12-3-4-13-32(31)28-46(44)49-45/h1-28,49H. The van der Waals surface area contributed by atoms with E-state index in [9.17, 15) is 0 Å². The lowest BCUT2D eigenvalue weighted by atomic mass is 9.84. The van der Waals surface area contributed by atoms with Gasteiger partial charge in [0.1, 0.15) is 0 Å². The van der Waals surface area contributed by atoms with Crippen LogP contribution in [-0.2, 0) is 0 Å². The Morgan fingerprint density at radius 3 is 1.51 bits per heavy atom. The number of hydrogen-bond donors (Lipinski definition) is 1. The quantitative estimate of drug-likeness (QED) is 0.146. The van der Waals surface area contributed by atoms with Crippen molar-refractivity contribution in [1.82, 2.24) is 4.98 Å². The van der Waals surface area contributed by atoms with E-state index in [1.807, 2.05) is 0 Å². The van der Waals surface area contributed by atoms with Crippen LogP contribution in [0.5, 0.6) is 0 Å². The first-order valence-electron chi connectivity index (χ1n) is 17.0. The Kier molecular flexibility index (Phi) is 5.45. The molecule has 1 nitrogen and oxygen atoms in total. The maximum Gasteiger partial charge on any atom is 0.0471 e. The predicted molar refractivity (Wildman–Crippen MR) is 212 cm³/mol. The third kappa shape index (κ3) is 3.87. The van der Waals surface area contributed by atoms with Gasteiger partial charge in [0.2, 0.25) is 0 Å². The lowest BCUT2D eigenvalue weighted by Gasteiger charge is -2.19. The second-order valence-corrected chi connectivity index (χ2v) is 13.4. The highest BCUT2D eigenvalue weighted by Gasteiger charge is 2.19. The molecule has 0 aliphatic heterocycles. The lowest BCUT2D eigenvalue weighted by molar-refractivity contribution is 1.55. The van der Waals surface area contributed by atoms with Gasteiger partial charge in [0.15, 0.2) is 0 Å². The first-order valence-corrected chi connectivity index (χ1v) is 17.0. The molecule has 1 N–H and O–H groups in total. The average molecular weight is 620 g/mol. The van der Waals surface area contributed by atoms with Crippen molar-refractivity contribution in [3.63, 3.8) is 0 Å². The molecule has 0 saturated heterocycles. The molecule has 0 amide bonds. The van der Waals surface area contributed by atoms with E-state index >= 15 is 0 Å². The highest BCUT2D eigenvalue weighted by Crippen LogP contribution is 2.46. The molecular formula is C48H29N. The average Bonchev–Trinajstić information content (AvgIpc) is 3.51. The van der Waals surface area contributed by atoms with Gasteiger partial charge in [0.25, 0.3) is 0 Å². The number of aromatic amines is 1. The Morgan fingerprint density at radius 1 is 0.265 bits per heavy atom. The fraction of sp³-hybridized carbons (Fsp3) is 0. The van der Waals surface area contributed by atoms with E-state index in [2.05, 4.69) is 175 Å². The first-order chi connectivity index (χ1) is 24.3. The molecule has 0 fully saturated rings. The molecule has 0 atom stereocenters. The van der Waals surface area contributed by atoms with E-state index in [0.29, 0.717) is 0 Å². The molecule has 49 heavy (non-hydrogen) atoms. The summed E-state index contributed by atoms with van der Waals surface area (Å²) in [4.78, 5) is 3.69. The van der Waals surface area contributed by atoms with E-state index < -0.39 is 0 Å². The molecule has 0 bridgehead atoms. The van der Waals surface area contributed by atoms with Crippen LogP contribution in [0, 0.1) is 0 Å². The van der Waals surface area contributed by atoms with Gasteiger partial charge in [-0.3, -0.25) is 0 Å². The molecule has 11 rings (SSSR count).